The number of amides is 2. The van der Waals surface area contributed by atoms with Gasteiger partial charge in [-0.05, 0) is 98.6 Å². The van der Waals surface area contributed by atoms with Crippen molar-refractivity contribution in [2.45, 2.75) is 63.5 Å². The smallest absolute Gasteiger partial charge is 0.407 e. The molecule has 1 aliphatic heterocycles. The highest BCUT2D eigenvalue weighted by Gasteiger charge is 2.45. The number of fused-ring (bicyclic) bond motifs is 2. The van der Waals surface area contributed by atoms with Gasteiger partial charge in [-0.15, -0.1) is 11.3 Å². The maximum atomic E-state index is 13.3. The highest BCUT2D eigenvalue weighted by molar-refractivity contribution is 7.16. The fourth-order valence-electron chi connectivity index (χ4n) is 6.25. The van der Waals surface area contributed by atoms with Crippen molar-refractivity contribution in [1.29, 1.82) is 0 Å². The van der Waals surface area contributed by atoms with Crippen LogP contribution in [-0.2, 0) is 4.74 Å². The summed E-state index contributed by atoms with van der Waals surface area (Å²) in [7, 11) is 0. The van der Waals surface area contributed by atoms with Gasteiger partial charge in [0.25, 0.3) is 5.91 Å². The number of alkyl carbamates (subject to hydrolysis) is 1. The highest BCUT2D eigenvalue weighted by Crippen LogP contribution is 2.56. The van der Waals surface area contributed by atoms with E-state index >= 15 is 0 Å². The average molecular weight is 504 g/mol. The predicted octanol–water partition coefficient (Wildman–Crippen LogP) is 5.94. The second kappa shape index (κ2) is 8.87. The Morgan fingerprint density at radius 2 is 1.86 bits per heavy atom. The first kappa shape index (κ1) is 23.5. The fourth-order valence-corrected chi connectivity index (χ4v) is 7.02. The van der Waals surface area contributed by atoms with Gasteiger partial charge in [0.1, 0.15) is 10.4 Å². The Kier molecular flexibility index (Phi) is 5.78. The zero-order valence-electron chi connectivity index (χ0n) is 21.1. The molecule has 0 bridgehead atoms. The number of hydrogen-bond acceptors (Lipinski definition) is 5. The van der Waals surface area contributed by atoms with Crippen LogP contribution in [0.3, 0.4) is 0 Å². The number of carbonyl (C=O) groups excluding carboxylic acids is 2. The number of pyridine rings is 1. The summed E-state index contributed by atoms with van der Waals surface area (Å²) in [6.45, 7) is 7.07. The van der Waals surface area contributed by atoms with Gasteiger partial charge in [0.15, 0.2) is 0 Å². The molecular formula is C29H33N3O3S. The first-order valence-electron chi connectivity index (χ1n) is 13.0. The number of thiophene rings is 1. The quantitative estimate of drug-likeness (QED) is 0.478. The van der Waals surface area contributed by atoms with Crippen molar-refractivity contribution in [3.63, 3.8) is 0 Å². The van der Waals surface area contributed by atoms with E-state index in [1.165, 1.54) is 16.5 Å². The molecule has 7 heteroatoms. The van der Waals surface area contributed by atoms with E-state index in [0.717, 1.165) is 36.2 Å². The van der Waals surface area contributed by atoms with E-state index in [0.29, 0.717) is 30.2 Å². The Hall–Kier alpha value is -2.93. The lowest BCUT2D eigenvalue weighted by Crippen LogP contribution is -2.42. The number of likely N-dealkylation sites (tertiary alicyclic amines) is 1. The van der Waals surface area contributed by atoms with Crippen molar-refractivity contribution in [3.8, 4) is 0 Å². The normalized spacial score (nSPS) is 27.2. The number of aromatic nitrogens is 1. The van der Waals surface area contributed by atoms with Crippen LogP contribution in [0.1, 0.15) is 73.4 Å². The summed E-state index contributed by atoms with van der Waals surface area (Å²) in [5.74, 6) is 1.86. The average Bonchev–Trinajstić information content (AvgIpc) is 3.14. The fraction of sp³-hybridized carbons (Fsp3) is 0.483. The SMILES string of the molecule is CC(C)(C)OC(=O)NC1CCC2CN(C(=O)c3ccc(C4CC4c4ccnc5sccc45)cc3)CC21. The van der Waals surface area contributed by atoms with Crippen LogP contribution in [0.25, 0.3) is 10.2 Å². The van der Waals surface area contributed by atoms with Crippen LogP contribution in [0.4, 0.5) is 4.79 Å². The van der Waals surface area contributed by atoms with Crippen molar-refractivity contribution in [2.75, 3.05) is 13.1 Å². The molecule has 2 amide bonds. The van der Waals surface area contributed by atoms with Crippen LogP contribution in [0.2, 0.25) is 0 Å². The molecule has 3 heterocycles. The lowest BCUT2D eigenvalue weighted by Gasteiger charge is -2.25. The van der Waals surface area contributed by atoms with Gasteiger partial charge in [0.05, 0.1) is 0 Å². The van der Waals surface area contributed by atoms with Crippen LogP contribution in [0.15, 0.2) is 48.0 Å². The van der Waals surface area contributed by atoms with Gasteiger partial charge in [-0.2, -0.15) is 0 Å². The molecule has 1 aromatic carbocycles. The van der Waals surface area contributed by atoms with Crippen molar-refractivity contribution >= 4 is 33.6 Å². The van der Waals surface area contributed by atoms with Crippen LogP contribution in [0.5, 0.6) is 0 Å². The zero-order chi connectivity index (χ0) is 25.0. The Labute approximate surface area is 216 Å². The molecule has 3 fully saturated rings. The van der Waals surface area contributed by atoms with Gasteiger partial charge in [0.2, 0.25) is 0 Å². The summed E-state index contributed by atoms with van der Waals surface area (Å²) in [6.07, 6.45) is 4.68. The number of nitrogens with one attached hydrogen (secondary N) is 1. The molecule has 5 unspecified atom stereocenters. The first-order chi connectivity index (χ1) is 17.3. The van der Waals surface area contributed by atoms with E-state index in [-0.39, 0.29) is 18.0 Å². The summed E-state index contributed by atoms with van der Waals surface area (Å²) in [6, 6.07) is 12.7. The lowest BCUT2D eigenvalue weighted by molar-refractivity contribution is 0.0491. The monoisotopic (exact) mass is 503 g/mol. The van der Waals surface area contributed by atoms with E-state index in [2.05, 4.69) is 39.9 Å². The van der Waals surface area contributed by atoms with Gasteiger partial charge in [-0.1, -0.05) is 12.1 Å². The zero-order valence-corrected chi connectivity index (χ0v) is 21.9. The minimum absolute atomic E-state index is 0.0692. The number of hydrogen-bond donors (Lipinski definition) is 1. The summed E-state index contributed by atoms with van der Waals surface area (Å²) in [5.41, 5.74) is 2.93. The van der Waals surface area contributed by atoms with Crippen molar-refractivity contribution in [2.24, 2.45) is 11.8 Å². The maximum absolute atomic E-state index is 13.3. The largest absolute Gasteiger partial charge is 0.444 e. The molecule has 0 radical (unpaired) electrons. The van der Waals surface area contributed by atoms with Crippen LogP contribution < -0.4 is 5.32 Å². The number of benzene rings is 1. The molecule has 5 atom stereocenters. The highest BCUT2D eigenvalue weighted by atomic mass is 32.1. The minimum atomic E-state index is -0.513. The molecule has 1 saturated heterocycles. The summed E-state index contributed by atoms with van der Waals surface area (Å²) in [5, 5.41) is 6.45. The third kappa shape index (κ3) is 4.49. The molecule has 6 nitrogen and oxygen atoms in total. The standard InChI is InChI=1S/C29H33N3O3S/c1-29(2,3)35-28(34)31-25-9-8-19-15-32(16-24(19)25)27(33)18-6-4-17(5-7-18)22-14-23(22)20-10-12-30-26-21(20)11-13-36-26/h4-7,10-13,19,22-25H,8-9,14-16H2,1-3H3,(H,31,34). The molecule has 6 rings (SSSR count). The third-order valence-electron chi connectivity index (χ3n) is 8.02. The van der Waals surface area contributed by atoms with Gasteiger partial charge in [-0.25, -0.2) is 9.78 Å². The molecule has 0 spiro atoms. The van der Waals surface area contributed by atoms with Crippen molar-refractivity contribution in [3.05, 3.63) is 64.7 Å². The van der Waals surface area contributed by atoms with Crippen molar-refractivity contribution in [1.82, 2.24) is 15.2 Å². The Balaban J connectivity index is 1.08. The van der Waals surface area contributed by atoms with Crippen LogP contribution >= 0.6 is 11.3 Å². The summed E-state index contributed by atoms with van der Waals surface area (Å²) >= 11 is 1.69. The number of rotatable bonds is 4. The molecular weight excluding hydrogens is 470 g/mol. The Morgan fingerprint density at radius 3 is 2.64 bits per heavy atom. The molecule has 2 aliphatic carbocycles. The third-order valence-corrected chi connectivity index (χ3v) is 8.84. The van der Waals surface area contributed by atoms with E-state index < -0.39 is 5.60 Å². The Bertz CT molecular complexity index is 1300. The lowest BCUT2D eigenvalue weighted by atomic mass is 9.98. The Morgan fingerprint density at radius 1 is 1.06 bits per heavy atom. The molecule has 3 aliphatic rings. The molecule has 36 heavy (non-hydrogen) atoms. The number of ether oxygens (including phenoxy) is 1. The van der Waals surface area contributed by atoms with Gasteiger partial charge in [0, 0.05) is 42.2 Å². The van der Waals surface area contributed by atoms with Gasteiger partial charge in [-0.3, -0.25) is 4.79 Å². The van der Waals surface area contributed by atoms with Crippen molar-refractivity contribution < 1.29 is 14.3 Å². The second-order valence-corrected chi connectivity index (χ2v) is 12.5. The summed E-state index contributed by atoms with van der Waals surface area (Å²) < 4.78 is 5.45. The number of nitrogens with zero attached hydrogens (tertiary/aromatic N) is 2. The molecule has 2 aromatic heterocycles. The van der Waals surface area contributed by atoms with E-state index in [1.54, 1.807) is 11.3 Å². The second-order valence-electron chi connectivity index (χ2n) is 11.6. The van der Waals surface area contributed by atoms with Gasteiger partial charge < -0.3 is 15.0 Å². The molecule has 2 saturated carbocycles. The molecule has 3 aromatic rings. The van der Waals surface area contributed by atoms with E-state index in [1.807, 2.05) is 44.0 Å². The first-order valence-corrected chi connectivity index (χ1v) is 13.9. The summed E-state index contributed by atoms with van der Waals surface area (Å²) in [4.78, 5) is 33.1. The van der Waals surface area contributed by atoms with E-state index in [4.69, 9.17) is 4.74 Å². The van der Waals surface area contributed by atoms with Crippen LogP contribution in [0, 0.1) is 11.8 Å². The maximum Gasteiger partial charge on any atom is 0.407 e. The molecule has 1 N–H and O–H groups in total. The molecule has 188 valence electrons. The topological polar surface area (TPSA) is 71.5 Å². The van der Waals surface area contributed by atoms with Gasteiger partial charge >= 0.3 is 6.09 Å². The van der Waals surface area contributed by atoms with E-state index in [9.17, 15) is 9.59 Å². The number of carbonyl (C=O) groups is 2. The van der Waals surface area contributed by atoms with Crippen LogP contribution in [-0.4, -0.2) is 46.6 Å². The predicted molar refractivity (Wildman–Crippen MR) is 141 cm³/mol. The minimum Gasteiger partial charge on any atom is -0.444 e.